The Morgan fingerprint density at radius 2 is 2.10 bits per heavy atom. The Hall–Kier alpha value is -2.00. The van der Waals surface area contributed by atoms with Gasteiger partial charge in [-0.3, -0.25) is 4.79 Å². The number of amides is 1. The molecule has 3 rings (SSSR count). The summed E-state index contributed by atoms with van der Waals surface area (Å²) in [6.07, 6.45) is 9.05. The number of carbonyl (C=O) groups is 1. The number of allylic oxidation sites excluding steroid dienone is 2. The van der Waals surface area contributed by atoms with Gasteiger partial charge >= 0.3 is 0 Å². The number of benzene rings is 1. The van der Waals surface area contributed by atoms with E-state index in [0.717, 1.165) is 19.3 Å². The summed E-state index contributed by atoms with van der Waals surface area (Å²) in [6, 6.07) is 9.13. The normalized spacial score (nSPS) is 26.4. The predicted molar refractivity (Wildman–Crippen MR) is 79.0 cm³/mol. The number of rotatable bonds is 2. The molecule has 1 saturated carbocycles. The molecule has 0 radical (unpaired) electrons. The fraction of sp³-hybridized carbons (Fsp3) is 0.294. The highest BCUT2D eigenvalue weighted by Crippen LogP contribution is 2.40. The van der Waals surface area contributed by atoms with Gasteiger partial charge in [0.2, 0.25) is 0 Å². The van der Waals surface area contributed by atoms with Gasteiger partial charge in [0.15, 0.2) is 0 Å². The minimum absolute atomic E-state index is 0.204. The second-order valence-electron chi connectivity index (χ2n) is 5.16. The number of methoxy groups -OCH3 is 1. The summed E-state index contributed by atoms with van der Waals surface area (Å²) in [4.78, 5) is 16.3. The second-order valence-corrected chi connectivity index (χ2v) is 5.16. The molecular formula is C17H17NO2. The first kappa shape index (κ1) is 13.0. The SMILES string of the molecule is COC12C=CC(=NC(=O)c3ccccc3)C=C1CCC2. The Kier molecular flexibility index (Phi) is 3.36. The lowest BCUT2D eigenvalue weighted by Crippen LogP contribution is -2.29. The van der Waals surface area contributed by atoms with Gasteiger partial charge in [0.25, 0.3) is 5.91 Å². The molecule has 0 bridgehead atoms. The van der Waals surface area contributed by atoms with Crippen molar-refractivity contribution in [2.24, 2.45) is 4.99 Å². The highest BCUT2D eigenvalue weighted by atomic mass is 16.5. The molecule has 1 aromatic rings. The van der Waals surface area contributed by atoms with Crippen LogP contribution < -0.4 is 0 Å². The number of nitrogens with zero attached hydrogens (tertiary/aromatic N) is 1. The van der Waals surface area contributed by atoms with Crippen molar-refractivity contribution in [1.82, 2.24) is 0 Å². The third-order valence-corrected chi connectivity index (χ3v) is 4.00. The van der Waals surface area contributed by atoms with Crippen LogP contribution in [0.25, 0.3) is 0 Å². The number of fused-ring (bicyclic) bond motifs is 1. The van der Waals surface area contributed by atoms with Crippen LogP contribution in [0.4, 0.5) is 0 Å². The van der Waals surface area contributed by atoms with Crippen LogP contribution >= 0.6 is 0 Å². The molecule has 1 aromatic carbocycles. The van der Waals surface area contributed by atoms with Gasteiger partial charge in [0, 0.05) is 12.7 Å². The van der Waals surface area contributed by atoms with Gasteiger partial charge in [0.1, 0.15) is 5.60 Å². The molecule has 102 valence electrons. The van der Waals surface area contributed by atoms with Crippen molar-refractivity contribution in [3.63, 3.8) is 0 Å². The number of hydrogen-bond acceptors (Lipinski definition) is 2. The summed E-state index contributed by atoms with van der Waals surface area (Å²) in [6.45, 7) is 0. The summed E-state index contributed by atoms with van der Waals surface area (Å²) >= 11 is 0. The maximum Gasteiger partial charge on any atom is 0.277 e. The molecule has 20 heavy (non-hydrogen) atoms. The largest absolute Gasteiger partial charge is 0.370 e. The fourth-order valence-electron chi connectivity index (χ4n) is 2.88. The monoisotopic (exact) mass is 267 g/mol. The topological polar surface area (TPSA) is 38.7 Å². The molecule has 1 amide bonds. The van der Waals surface area contributed by atoms with Crippen molar-refractivity contribution in [3.8, 4) is 0 Å². The molecule has 0 saturated heterocycles. The lowest BCUT2D eigenvalue weighted by molar-refractivity contribution is 0.0692. The molecule has 1 unspecified atom stereocenters. The molecule has 3 nitrogen and oxygen atoms in total. The lowest BCUT2D eigenvalue weighted by Gasteiger charge is -2.28. The van der Waals surface area contributed by atoms with E-state index in [1.807, 2.05) is 36.4 Å². The number of aliphatic imine (C=N–C) groups is 1. The Morgan fingerprint density at radius 1 is 1.30 bits per heavy atom. The average Bonchev–Trinajstić information content (AvgIpc) is 2.92. The van der Waals surface area contributed by atoms with Gasteiger partial charge in [-0.25, -0.2) is 4.99 Å². The van der Waals surface area contributed by atoms with Crippen molar-refractivity contribution in [2.75, 3.05) is 7.11 Å². The third kappa shape index (κ3) is 2.25. The van der Waals surface area contributed by atoms with E-state index in [1.165, 1.54) is 5.57 Å². The van der Waals surface area contributed by atoms with Crippen molar-refractivity contribution in [2.45, 2.75) is 24.9 Å². The Labute approximate surface area is 118 Å². The predicted octanol–water partition coefficient (Wildman–Crippen LogP) is 3.33. The molecule has 2 aliphatic carbocycles. The quantitative estimate of drug-likeness (QED) is 0.824. The summed E-state index contributed by atoms with van der Waals surface area (Å²) in [5.74, 6) is -0.204. The van der Waals surface area contributed by atoms with Crippen molar-refractivity contribution < 1.29 is 9.53 Å². The minimum atomic E-state index is -0.255. The van der Waals surface area contributed by atoms with Crippen LogP contribution in [0.5, 0.6) is 0 Å². The van der Waals surface area contributed by atoms with Gasteiger partial charge in [-0.05, 0) is 55.2 Å². The Bertz CT molecular complexity index is 613. The van der Waals surface area contributed by atoms with E-state index >= 15 is 0 Å². The smallest absolute Gasteiger partial charge is 0.277 e. The van der Waals surface area contributed by atoms with E-state index in [0.29, 0.717) is 11.3 Å². The number of carbonyl (C=O) groups excluding carboxylic acids is 1. The lowest BCUT2D eigenvalue weighted by atomic mass is 9.90. The van der Waals surface area contributed by atoms with E-state index in [9.17, 15) is 4.79 Å². The molecule has 1 fully saturated rings. The molecule has 0 spiro atoms. The van der Waals surface area contributed by atoms with Crippen LogP contribution in [0.15, 0.2) is 59.1 Å². The van der Waals surface area contributed by atoms with Gasteiger partial charge < -0.3 is 4.74 Å². The van der Waals surface area contributed by atoms with Gasteiger partial charge in [-0.15, -0.1) is 0 Å². The summed E-state index contributed by atoms with van der Waals surface area (Å²) in [5, 5.41) is 0. The third-order valence-electron chi connectivity index (χ3n) is 4.00. The zero-order valence-corrected chi connectivity index (χ0v) is 11.5. The van der Waals surface area contributed by atoms with E-state index in [-0.39, 0.29) is 11.5 Å². The molecule has 2 aliphatic rings. The van der Waals surface area contributed by atoms with Crippen LogP contribution in [-0.4, -0.2) is 24.3 Å². The van der Waals surface area contributed by atoms with Crippen LogP contribution in [0.1, 0.15) is 29.6 Å². The van der Waals surface area contributed by atoms with Crippen LogP contribution in [-0.2, 0) is 4.74 Å². The first-order valence-electron chi connectivity index (χ1n) is 6.87. The summed E-state index contributed by atoms with van der Waals surface area (Å²) < 4.78 is 5.65. The van der Waals surface area contributed by atoms with Crippen LogP contribution in [0.2, 0.25) is 0 Å². The molecule has 1 atom stereocenters. The first-order valence-corrected chi connectivity index (χ1v) is 6.87. The van der Waals surface area contributed by atoms with Gasteiger partial charge in [0.05, 0.1) is 5.71 Å². The minimum Gasteiger partial charge on any atom is -0.370 e. The molecule has 0 aromatic heterocycles. The van der Waals surface area contributed by atoms with E-state index in [4.69, 9.17) is 4.74 Å². The van der Waals surface area contributed by atoms with Gasteiger partial charge in [-0.1, -0.05) is 18.2 Å². The zero-order chi connectivity index (χ0) is 14.0. The van der Waals surface area contributed by atoms with Crippen molar-refractivity contribution in [3.05, 3.63) is 59.7 Å². The zero-order valence-electron chi connectivity index (χ0n) is 11.5. The highest BCUT2D eigenvalue weighted by molar-refractivity contribution is 6.13. The summed E-state index contributed by atoms with van der Waals surface area (Å²) in [7, 11) is 1.74. The Morgan fingerprint density at radius 3 is 2.85 bits per heavy atom. The van der Waals surface area contributed by atoms with E-state index in [2.05, 4.69) is 4.99 Å². The second kappa shape index (κ2) is 5.17. The standard InChI is InChI=1S/C17H17NO2/c1-20-17-10-5-8-14(17)12-15(9-11-17)18-16(19)13-6-3-2-4-7-13/h2-4,6-7,9,11-12H,5,8,10H2,1H3. The summed E-state index contributed by atoms with van der Waals surface area (Å²) in [5.41, 5.74) is 2.29. The van der Waals surface area contributed by atoms with Gasteiger partial charge in [-0.2, -0.15) is 0 Å². The maximum absolute atomic E-state index is 12.1. The average molecular weight is 267 g/mol. The molecular weight excluding hydrogens is 250 g/mol. The Balaban J connectivity index is 1.87. The molecule has 0 aliphatic heterocycles. The van der Waals surface area contributed by atoms with Crippen LogP contribution in [0.3, 0.4) is 0 Å². The highest BCUT2D eigenvalue weighted by Gasteiger charge is 2.37. The first-order chi connectivity index (χ1) is 9.73. The van der Waals surface area contributed by atoms with E-state index in [1.54, 1.807) is 19.2 Å². The molecule has 0 heterocycles. The molecule has 3 heteroatoms. The molecule has 0 N–H and O–H groups in total. The van der Waals surface area contributed by atoms with Crippen molar-refractivity contribution >= 4 is 11.6 Å². The maximum atomic E-state index is 12.1. The van der Waals surface area contributed by atoms with Crippen molar-refractivity contribution in [1.29, 1.82) is 0 Å². The van der Waals surface area contributed by atoms with E-state index < -0.39 is 0 Å². The van der Waals surface area contributed by atoms with Crippen LogP contribution in [0, 0.1) is 0 Å². The number of ether oxygens (including phenoxy) is 1. The fourth-order valence-corrected chi connectivity index (χ4v) is 2.88. The number of hydrogen-bond donors (Lipinski definition) is 0.